The van der Waals surface area contributed by atoms with E-state index in [0.717, 1.165) is 6.54 Å². The van der Waals surface area contributed by atoms with E-state index in [4.69, 9.17) is 11.6 Å². The fourth-order valence-corrected chi connectivity index (χ4v) is 1.58. The van der Waals surface area contributed by atoms with Crippen LogP contribution in [0.4, 0.5) is 11.4 Å². The molecule has 0 aliphatic rings. The van der Waals surface area contributed by atoms with Gasteiger partial charge in [0.05, 0.1) is 4.92 Å². The summed E-state index contributed by atoms with van der Waals surface area (Å²) in [6.07, 6.45) is 0.336. The highest BCUT2D eigenvalue weighted by molar-refractivity contribution is 6.33. The van der Waals surface area contributed by atoms with Crippen LogP contribution in [0.15, 0.2) is 18.2 Å². The van der Waals surface area contributed by atoms with Crippen molar-refractivity contribution >= 4 is 28.9 Å². The van der Waals surface area contributed by atoms with Crippen LogP contribution < -0.4 is 10.6 Å². The van der Waals surface area contributed by atoms with Crippen LogP contribution in [0.25, 0.3) is 0 Å². The van der Waals surface area contributed by atoms with E-state index in [1.807, 2.05) is 6.92 Å². The molecule has 7 heteroatoms. The number of nitro groups is 1. The van der Waals surface area contributed by atoms with Gasteiger partial charge in [0.25, 0.3) is 5.69 Å². The van der Waals surface area contributed by atoms with Gasteiger partial charge in [0.1, 0.15) is 5.02 Å². The standard InChI is InChI=1S/C11H14ClN3O3/c1-2-13-6-5-11(16)14-8-3-4-10(15(17)18)9(12)7-8/h3-4,7,13H,2,5-6H2,1H3,(H,14,16). The SMILES string of the molecule is CCNCCC(=O)Nc1ccc([N+](=O)[O-])c(Cl)c1. The van der Waals surface area contributed by atoms with Crippen molar-refractivity contribution in [2.75, 3.05) is 18.4 Å². The average molecular weight is 272 g/mol. The lowest BCUT2D eigenvalue weighted by Crippen LogP contribution is -2.21. The summed E-state index contributed by atoms with van der Waals surface area (Å²) in [7, 11) is 0. The first-order chi connectivity index (χ1) is 8.54. The lowest BCUT2D eigenvalue weighted by atomic mass is 10.2. The maximum Gasteiger partial charge on any atom is 0.288 e. The van der Waals surface area contributed by atoms with Gasteiger partial charge in [-0.1, -0.05) is 18.5 Å². The fraction of sp³-hybridized carbons (Fsp3) is 0.364. The van der Waals surface area contributed by atoms with Crippen LogP contribution in [0.3, 0.4) is 0 Å². The topological polar surface area (TPSA) is 84.3 Å². The van der Waals surface area contributed by atoms with E-state index in [-0.39, 0.29) is 16.6 Å². The molecule has 1 amide bonds. The minimum Gasteiger partial charge on any atom is -0.326 e. The Balaban J connectivity index is 2.60. The third-order valence-electron chi connectivity index (χ3n) is 2.21. The van der Waals surface area contributed by atoms with Crippen LogP contribution in [0.2, 0.25) is 5.02 Å². The number of hydrogen-bond donors (Lipinski definition) is 2. The first kappa shape index (κ1) is 14.4. The summed E-state index contributed by atoms with van der Waals surface area (Å²) >= 11 is 5.73. The van der Waals surface area contributed by atoms with E-state index in [0.29, 0.717) is 18.7 Å². The molecule has 0 atom stereocenters. The van der Waals surface area contributed by atoms with E-state index < -0.39 is 4.92 Å². The van der Waals surface area contributed by atoms with Gasteiger partial charge >= 0.3 is 0 Å². The van der Waals surface area contributed by atoms with Crippen LogP contribution >= 0.6 is 11.6 Å². The summed E-state index contributed by atoms with van der Waals surface area (Å²) in [5.41, 5.74) is 0.273. The molecule has 1 aromatic rings. The van der Waals surface area contributed by atoms with E-state index in [9.17, 15) is 14.9 Å². The van der Waals surface area contributed by atoms with Gasteiger partial charge in [-0.05, 0) is 18.7 Å². The number of carbonyl (C=O) groups excluding carboxylic acids is 1. The Labute approximate surface area is 109 Å². The Hall–Kier alpha value is -1.66. The molecule has 0 radical (unpaired) electrons. The molecule has 0 bridgehead atoms. The quantitative estimate of drug-likeness (QED) is 0.472. The maximum atomic E-state index is 11.5. The third kappa shape index (κ3) is 4.31. The number of halogens is 1. The van der Waals surface area contributed by atoms with Crippen LogP contribution in [0, 0.1) is 10.1 Å². The van der Waals surface area contributed by atoms with Gasteiger partial charge in [-0.15, -0.1) is 0 Å². The number of benzene rings is 1. The zero-order valence-electron chi connectivity index (χ0n) is 9.90. The molecule has 0 aliphatic heterocycles. The zero-order valence-corrected chi connectivity index (χ0v) is 10.7. The molecule has 0 saturated carbocycles. The van der Waals surface area contributed by atoms with Crippen LogP contribution in [-0.2, 0) is 4.79 Å². The molecular formula is C11H14ClN3O3. The molecule has 0 spiro atoms. The lowest BCUT2D eigenvalue weighted by Gasteiger charge is -2.06. The lowest BCUT2D eigenvalue weighted by molar-refractivity contribution is -0.384. The van der Waals surface area contributed by atoms with E-state index >= 15 is 0 Å². The fourth-order valence-electron chi connectivity index (χ4n) is 1.33. The average Bonchev–Trinajstić information content (AvgIpc) is 2.28. The second-order valence-corrected chi connectivity index (χ2v) is 3.98. The molecule has 0 fully saturated rings. The monoisotopic (exact) mass is 271 g/mol. The van der Waals surface area contributed by atoms with E-state index in [1.165, 1.54) is 18.2 Å². The summed E-state index contributed by atoms with van der Waals surface area (Å²) < 4.78 is 0. The van der Waals surface area contributed by atoms with E-state index in [2.05, 4.69) is 10.6 Å². The number of nitrogens with one attached hydrogen (secondary N) is 2. The minimum atomic E-state index is -0.570. The number of amides is 1. The summed E-state index contributed by atoms with van der Waals surface area (Å²) in [5, 5.41) is 16.2. The van der Waals surface area contributed by atoms with Crippen LogP contribution in [0.1, 0.15) is 13.3 Å². The Bertz CT molecular complexity index is 451. The molecule has 0 saturated heterocycles. The van der Waals surface area contributed by atoms with Gasteiger partial charge in [0.15, 0.2) is 0 Å². The highest BCUT2D eigenvalue weighted by atomic mass is 35.5. The molecular weight excluding hydrogens is 258 g/mol. The molecule has 98 valence electrons. The van der Waals surface area contributed by atoms with Crippen LogP contribution in [0.5, 0.6) is 0 Å². The summed E-state index contributed by atoms with van der Waals surface area (Å²) in [6, 6.07) is 4.09. The highest BCUT2D eigenvalue weighted by Gasteiger charge is 2.12. The number of nitro benzene ring substituents is 1. The zero-order chi connectivity index (χ0) is 13.5. The van der Waals surface area contributed by atoms with Gasteiger partial charge in [0, 0.05) is 24.7 Å². The first-order valence-corrected chi connectivity index (χ1v) is 5.87. The van der Waals surface area contributed by atoms with Gasteiger partial charge in [0.2, 0.25) is 5.91 Å². The van der Waals surface area contributed by atoms with Gasteiger partial charge in [-0.3, -0.25) is 14.9 Å². The summed E-state index contributed by atoms with van der Waals surface area (Å²) in [6.45, 7) is 3.34. The van der Waals surface area contributed by atoms with Gasteiger partial charge in [-0.25, -0.2) is 0 Å². The van der Waals surface area contributed by atoms with Gasteiger partial charge < -0.3 is 10.6 Å². The minimum absolute atomic E-state index is 0.00415. The predicted molar refractivity (Wildman–Crippen MR) is 69.9 cm³/mol. The van der Waals surface area contributed by atoms with Crippen LogP contribution in [-0.4, -0.2) is 23.9 Å². The van der Waals surface area contributed by atoms with Crippen molar-refractivity contribution in [2.24, 2.45) is 0 Å². The van der Waals surface area contributed by atoms with Crippen molar-refractivity contribution in [3.05, 3.63) is 33.3 Å². The van der Waals surface area contributed by atoms with Crippen molar-refractivity contribution in [3.63, 3.8) is 0 Å². The van der Waals surface area contributed by atoms with E-state index in [1.54, 1.807) is 0 Å². The Morgan fingerprint density at radius 1 is 1.50 bits per heavy atom. The Kier molecular flexibility index (Phi) is 5.54. The normalized spacial score (nSPS) is 10.1. The number of hydrogen-bond acceptors (Lipinski definition) is 4. The predicted octanol–water partition coefficient (Wildman–Crippen LogP) is 2.19. The first-order valence-electron chi connectivity index (χ1n) is 5.49. The molecule has 1 aromatic carbocycles. The Morgan fingerprint density at radius 2 is 2.22 bits per heavy atom. The second kappa shape index (κ2) is 6.93. The molecule has 0 aromatic heterocycles. The largest absolute Gasteiger partial charge is 0.326 e. The molecule has 2 N–H and O–H groups in total. The molecule has 0 unspecified atom stereocenters. The smallest absolute Gasteiger partial charge is 0.288 e. The number of anilines is 1. The molecule has 0 heterocycles. The number of carbonyl (C=O) groups is 1. The molecule has 6 nitrogen and oxygen atoms in total. The highest BCUT2D eigenvalue weighted by Crippen LogP contribution is 2.27. The van der Waals surface area contributed by atoms with Crippen molar-refractivity contribution < 1.29 is 9.72 Å². The number of nitrogens with zero attached hydrogens (tertiary/aromatic N) is 1. The van der Waals surface area contributed by atoms with Crippen molar-refractivity contribution in [1.82, 2.24) is 5.32 Å². The summed E-state index contributed by atoms with van der Waals surface area (Å²) in [4.78, 5) is 21.5. The maximum absolute atomic E-state index is 11.5. The third-order valence-corrected chi connectivity index (χ3v) is 2.51. The number of rotatable bonds is 6. The molecule has 0 aliphatic carbocycles. The van der Waals surface area contributed by atoms with Crippen molar-refractivity contribution in [1.29, 1.82) is 0 Å². The van der Waals surface area contributed by atoms with Crippen molar-refractivity contribution in [2.45, 2.75) is 13.3 Å². The molecule has 1 rings (SSSR count). The second-order valence-electron chi connectivity index (χ2n) is 3.58. The summed E-state index contributed by atoms with van der Waals surface area (Å²) in [5.74, 6) is -0.166. The Morgan fingerprint density at radius 3 is 2.78 bits per heavy atom. The van der Waals surface area contributed by atoms with Gasteiger partial charge in [-0.2, -0.15) is 0 Å². The molecule has 18 heavy (non-hydrogen) atoms. The van der Waals surface area contributed by atoms with Crippen molar-refractivity contribution in [3.8, 4) is 0 Å².